The van der Waals surface area contributed by atoms with Gasteiger partial charge in [-0.2, -0.15) is 0 Å². The average Bonchev–Trinajstić information content (AvgIpc) is 2.68. The van der Waals surface area contributed by atoms with E-state index in [0.29, 0.717) is 5.69 Å². The van der Waals surface area contributed by atoms with Gasteiger partial charge in [-0.3, -0.25) is 4.79 Å². The molecular weight excluding hydrogens is 372 g/mol. The summed E-state index contributed by atoms with van der Waals surface area (Å²) in [5.74, 6) is -0.362. The lowest BCUT2D eigenvalue weighted by atomic mass is 10.1. The Labute approximate surface area is 165 Å². The Bertz CT molecular complexity index is 1080. The van der Waals surface area contributed by atoms with E-state index in [1.54, 1.807) is 25.1 Å². The van der Waals surface area contributed by atoms with Gasteiger partial charge in [-0.15, -0.1) is 0 Å². The largest absolute Gasteiger partial charge is 0.322 e. The molecule has 1 unspecified atom stereocenters. The molecule has 0 bridgehead atoms. The lowest BCUT2D eigenvalue weighted by molar-refractivity contribution is 0.102. The van der Waals surface area contributed by atoms with Gasteiger partial charge in [-0.05, 0) is 55.3 Å². The van der Waals surface area contributed by atoms with Gasteiger partial charge in [0.25, 0.3) is 5.91 Å². The Balaban J connectivity index is 1.78. The Morgan fingerprint density at radius 1 is 0.893 bits per heavy atom. The summed E-state index contributed by atoms with van der Waals surface area (Å²) in [7, 11) is -3.77. The fraction of sp³-hybridized carbons (Fsp3) is 0.136. The van der Waals surface area contributed by atoms with Crippen molar-refractivity contribution < 1.29 is 13.2 Å². The minimum Gasteiger partial charge on any atom is -0.322 e. The van der Waals surface area contributed by atoms with Crippen molar-refractivity contribution in [3.05, 3.63) is 95.6 Å². The molecule has 1 atom stereocenters. The number of hydrogen-bond donors (Lipinski definition) is 2. The summed E-state index contributed by atoms with van der Waals surface area (Å²) < 4.78 is 28.2. The molecule has 0 spiro atoms. The minimum absolute atomic E-state index is 0.0483. The van der Waals surface area contributed by atoms with Crippen LogP contribution in [0.2, 0.25) is 0 Å². The third-order valence-electron chi connectivity index (χ3n) is 4.31. The van der Waals surface area contributed by atoms with Crippen molar-refractivity contribution in [3.63, 3.8) is 0 Å². The van der Waals surface area contributed by atoms with Crippen molar-refractivity contribution in [2.75, 3.05) is 5.32 Å². The number of anilines is 1. The first-order chi connectivity index (χ1) is 13.3. The highest BCUT2D eigenvalue weighted by Crippen LogP contribution is 2.18. The third-order valence-corrected chi connectivity index (χ3v) is 5.85. The molecule has 6 heteroatoms. The molecule has 0 aromatic heterocycles. The predicted octanol–water partition coefficient (Wildman–Crippen LogP) is 4.29. The molecule has 0 aliphatic heterocycles. The summed E-state index contributed by atoms with van der Waals surface area (Å²) in [6, 6.07) is 22.3. The Morgan fingerprint density at radius 3 is 2.32 bits per heavy atom. The summed E-state index contributed by atoms with van der Waals surface area (Å²) >= 11 is 0. The van der Waals surface area contributed by atoms with Gasteiger partial charge in [0.1, 0.15) is 0 Å². The highest BCUT2D eigenvalue weighted by atomic mass is 32.2. The zero-order chi connectivity index (χ0) is 20.1. The van der Waals surface area contributed by atoms with Crippen LogP contribution in [0.4, 0.5) is 5.69 Å². The maximum absolute atomic E-state index is 12.8. The van der Waals surface area contributed by atoms with E-state index in [0.717, 1.165) is 11.1 Å². The van der Waals surface area contributed by atoms with Crippen LogP contribution in [0.3, 0.4) is 0 Å². The average molecular weight is 394 g/mol. The van der Waals surface area contributed by atoms with Crippen LogP contribution in [0.1, 0.15) is 34.5 Å². The summed E-state index contributed by atoms with van der Waals surface area (Å²) in [6.45, 7) is 3.71. The molecule has 0 radical (unpaired) electrons. The van der Waals surface area contributed by atoms with Crippen LogP contribution >= 0.6 is 0 Å². The van der Waals surface area contributed by atoms with Gasteiger partial charge in [0, 0.05) is 17.3 Å². The summed E-state index contributed by atoms with van der Waals surface area (Å²) in [4.78, 5) is 12.6. The quantitative estimate of drug-likeness (QED) is 0.655. The fourth-order valence-electron chi connectivity index (χ4n) is 2.84. The van der Waals surface area contributed by atoms with E-state index >= 15 is 0 Å². The first-order valence-electron chi connectivity index (χ1n) is 8.90. The molecule has 3 rings (SSSR count). The highest BCUT2D eigenvalue weighted by molar-refractivity contribution is 7.89. The molecule has 5 nitrogen and oxygen atoms in total. The maximum atomic E-state index is 12.8. The zero-order valence-corrected chi connectivity index (χ0v) is 16.5. The van der Waals surface area contributed by atoms with E-state index in [1.807, 2.05) is 55.5 Å². The number of benzene rings is 3. The van der Waals surface area contributed by atoms with Gasteiger partial charge in [-0.25, -0.2) is 13.1 Å². The molecule has 0 heterocycles. The van der Waals surface area contributed by atoms with Crippen molar-refractivity contribution in [2.24, 2.45) is 0 Å². The number of carbonyl (C=O) groups is 1. The molecule has 1 amide bonds. The lowest BCUT2D eigenvalue weighted by Gasteiger charge is -2.15. The van der Waals surface area contributed by atoms with Crippen LogP contribution < -0.4 is 10.0 Å². The van der Waals surface area contributed by atoms with Crippen molar-refractivity contribution in [3.8, 4) is 0 Å². The zero-order valence-electron chi connectivity index (χ0n) is 15.7. The highest BCUT2D eigenvalue weighted by Gasteiger charge is 2.19. The van der Waals surface area contributed by atoms with Crippen molar-refractivity contribution in [2.45, 2.75) is 24.8 Å². The normalized spacial score (nSPS) is 12.4. The van der Waals surface area contributed by atoms with Crippen molar-refractivity contribution in [1.29, 1.82) is 0 Å². The van der Waals surface area contributed by atoms with Crippen LogP contribution in [0.15, 0.2) is 83.8 Å². The second kappa shape index (κ2) is 8.37. The minimum atomic E-state index is -3.77. The number of sulfonamides is 1. The Kier molecular flexibility index (Phi) is 5.92. The van der Waals surface area contributed by atoms with E-state index in [1.165, 1.54) is 12.1 Å². The van der Waals surface area contributed by atoms with Crippen molar-refractivity contribution >= 4 is 21.6 Å². The van der Waals surface area contributed by atoms with Crippen LogP contribution in [0.25, 0.3) is 0 Å². The number of amides is 1. The van der Waals surface area contributed by atoms with Gasteiger partial charge in [0.2, 0.25) is 10.0 Å². The van der Waals surface area contributed by atoms with E-state index in [2.05, 4.69) is 10.0 Å². The topological polar surface area (TPSA) is 75.3 Å². The van der Waals surface area contributed by atoms with Crippen LogP contribution in [0.5, 0.6) is 0 Å². The molecular formula is C22H22N2O3S. The number of aryl methyl sites for hydroxylation is 1. The lowest BCUT2D eigenvalue weighted by Crippen LogP contribution is -2.27. The van der Waals surface area contributed by atoms with E-state index < -0.39 is 16.1 Å². The van der Waals surface area contributed by atoms with Gasteiger partial charge in [0.05, 0.1) is 4.90 Å². The maximum Gasteiger partial charge on any atom is 0.255 e. The number of rotatable bonds is 6. The Morgan fingerprint density at radius 2 is 1.61 bits per heavy atom. The SMILES string of the molecule is Cc1cccc(NC(=O)c2cccc(S(=O)(=O)NC(C)c3ccccc3)c2)c1. The second-order valence-electron chi connectivity index (χ2n) is 6.61. The molecule has 3 aromatic rings. The van der Waals surface area contributed by atoms with Crippen LogP contribution in [0, 0.1) is 6.92 Å². The summed E-state index contributed by atoms with van der Waals surface area (Å²) in [5.41, 5.74) is 2.82. The smallest absolute Gasteiger partial charge is 0.255 e. The predicted molar refractivity (Wildman–Crippen MR) is 111 cm³/mol. The molecule has 0 aliphatic carbocycles. The standard InChI is InChI=1S/C22H22N2O3S/c1-16-8-6-12-20(14-16)23-22(25)19-11-7-13-21(15-19)28(26,27)24-17(2)18-9-4-3-5-10-18/h3-15,17,24H,1-2H3,(H,23,25). The molecule has 2 N–H and O–H groups in total. The van der Waals surface area contributed by atoms with E-state index in [4.69, 9.17) is 0 Å². The molecule has 0 aliphatic rings. The van der Waals surface area contributed by atoms with Gasteiger partial charge in [0.15, 0.2) is 0 Å². The number of hydrogen-bond acceptors (Lipinski definition) is 3. The van der Waals surface area contributed by atoms with E-state index in [-0.39, 0.29) is 16.4 Å². The number of carbonyl (C=O) groups excluding carboxylic acids is 1. The molecule has 0 saturated heterocycles. The molecule has 144 valence electrons. The van der Waals surface area contributed by atoms with Crippen molar-refractivity contribution in [1.82, 2.24) is 4.72 Å². The third kappa shape index (κ3) is 4.85. The summed E-state index contributed by atoms with van der Waals surface area (Å²) in [6.07, 6.45) is 0. The molecule has 0 saturated carbocycles. The molecule has 28 heavy (non-hydrogen) atoms. The molecule has 0 fully saturated rings. The van der Waals surface area contributed by atoms with Crippen LogP contribution in [-0.4, -0.2) is 14.3 Å². The Hall–Kier alpha value is -2.96. The van der Waals surface area contributed by atoms with Gasteiger partial charge >= 0.3 is 0 Å². The fourth-order valence-corrected chi connectivity index (χ4v) is 4.12. The summed E-state index contributed by atoms with van der Waals surface area (Å²) in [5, 5.41) is 2.79. The first kappa shape index (κ1) is 19.8. The number of nitrogens with one attached hydrogen (secondary N) is 2. The van der Waals surface area contributed by atoms with Crippen LogP contribution in [-0.2, 0) is 10.0 Å². The second-order valence-corrected chi connectivity index (χ2v) is 8.32. The van der Waals surface area contributed by atoms with Gasteiger partial charge in [-0.1, -0.05) is 48.5 Å². The first-order valence-corrected chi connectivity index (χ1v) is 10.4. The monoisotopic (exact) mass is 394 g/mol. The van der Waals surface area contributed by atoms with Gasteiger partial charge < -0.3 is 5.32 Å². The van der Waals surface area contributed by atoms with E-state index in [9.17, 15) is 13.2 Å². The molecule has 3 aromatic carbocycles.